The molecule has 1 nitrogen and oxygen atoms in total. The normalized spacial score (nSPS) is 27.6. The summed E-state index contributed by atoms with van der Waals surface area (Å²) in [5.41, 5.74) is 0.863. The Labute approximate surface area is 126 Å². The largest absolute Gasteiger partial charge is 0.393 e. The summed E-state index contributed by atoms with van der Waals surface area (Å²) < 4.78 is 13.8. The summed E-state index contributed by atoms with van der Waals surface area (Å²) in [7, 11) is 0. The van der Waals surface area contributed by atoms with E-state index in [1.54, 1.807) is 12.1 Å². The van der Waals surface area contributed by atoms with Crippen molar-refractivity contribution in [2.75, 3.05) is 0 Å². The van der Waals surface area contributed by atoms with Gasteiger partial charge in [-0.15, -0.1) is 0 Å². The van der Waals surface area contributed by atoms with Gasteiger partial charge >= 0.3 is 0 Å². The fraction of sp³-hybridized carbons (Fsp3) is 0.647. The van der Waals surface area contributed by atoms with E-state index in [4.69, 9.17) is 11.6 Å². The maximum absolute atomic E-state index is 13.8. The molecule has 0 amide bonds. The minimum Gasteiger partial charge on any atom is -0.393 e. The summed E-state index contributed by atoms with van der Waals surface area (Å²) in [6.45, 7) is 6.73. The van der Waals surface area contributed by atoms with E-state index in [1.165, 1.54) is 6.07 Å². The minimum absolute atomic E-state index is 0.126. The van der Waals surface area contributed by atoms with Gasteiger partial charge in [-0.05, 0) is 66.7 Å². The second-order valence-electron chi connectivity index (χ2n) is 7.14. The Morgan fingerprint density at radius 1 is 1.30 bits per heavy atom. The van der Waals surface area contributed by atoms with Crippen LogP contribution in [0.3, 0.4) is 0 Å². The molecule has 1 aromatic carbocycles. The first kappa shape index (κ1) is 15.8. The van der Waals surface area contributed by atoms with E-state index < -0.39 is 0 Å². The van der Waals surface area contributed by atoms with Crippen LogP contribution in [0.2, 0.25) is 5.02 Å². The highest BCUT2D eigenvalue weighted by Gasteiger charge is 2.35. The summed E-state index contributed by atoms with van der Waals surface area (Å²) >= 11 is 5.94. The molecule has 1 fully saturated rings. The van der Waals surface area contributed by atoms with Gasteiger partial charge in [0.2, 0.25) is 0 Å². The van der Waals surface area contributed by atoms with Crippen molar-refractivity contribution < 1.29 is 9.50 Å². The number of rotatable bonds is 2. The Morgan fingerprint density at radius 2 is 2.00 bits per heavy atom. The second-order valence-corrected chi connectivity index (χ2v) is 7.58. The average Bonchev–Trinajstić information content (AvgIpc) is 2.35. The monoisotopic (exact) mass is 298 g/mol. The molecular formula is C17H24ClFO. The molecule has 0 spiro atoms. The highest BCUT2D eigenvalue weighted by Crippen LogP contribution is 2.41. The molecule has 1 aliphatic carbocycles. The zero-order valence-electron chi connectivity index (χ0n) is 12.5. The summed E-state index contributed by atoms with van der Waals surface area (Å²) in [6, 6.07) is 4.66. The van der Waals surface area contributed by atoms with Crippen LogP contribution in [0.15, 0.2) is 18.2 Å². The van der Waals surface area contributed by atoms with Crippen molar-refractivity contribution in [3.8, 4) is 0 Å². The molecule has 1 aromatic rings. The molecular weight excluding hydrogens is 275 g/mol. The van der Waals surface area contributed by atoms with Crippen LogP contribution in [0.1, 0.15) is 45.6 Å². The van der Waals surface area contributed by atoms with Crippen LogP contribution in [0, 0.1) is 23.1 Å². The van der Waals surface area contributed by atoms with Crippen molar-refractivity contribution in [3.63, 3.8) is 0 Å². The highest BCUT2D eigenvalue weighted by molar-refractivity contribution is 6.30. The Morgan fingerprint density at radius 3 is 2.65 bits per heavy atom. The van der Waals surface area contributed by atoms with Crippen LogP contribution in [-0.2, 0) is 6.42 Å². The highest BCUT2D eigenvalue weighted by atomic mass is 35.5. The molecule has 112 valence electrons. The Kier molecular flexibility index (Phi) is 4.76. The number of halogens is 2. The predicted octanol–water partition coefficient (Wildman–Crippen LogP) is 4.84. The third-order valence-corrected chi connectivity index (χ3v) is 4.89. The molecule has 2 rings (SSSR count). The fourth-order valence-corrected chi connectivity index (χ4v) is 3.43. The lowest BCUT2D eigenvalue weighted by Crippen LogP contribution is -2.35. The van der Waals surface area contributed by atoms with Gasteiger partial charge in [0.1, 0.15) is 5.82 Å². The minimum atomic E-state index is -0.327. The molecule has 0 saturated heterocycles. The molecule has 0 aliphatic heterocycles. The van der Waals surface area contributed by atoms with E-state index in [-0.39, 0.29) is 23.3 Å². The van der Waals surface area contributed by atoms with Crippen LogP contribution < -0.4 is 0 Å². The van der Waals surface area contributed by atoms with Crippen LogP contribution in [-0.4, -0.2) is 11.2 Å². The molecule has 0 bridgehead atoms. The molecule has 3 heteroatoms. The molecule has 0 aromatic heterocycles. The zero-order chi connectivity index (χ0) is 14.9. The molecule has 3 atom stereocenters. The van der Waals surface area contributed by atoms with Gasteiger partial charge < -0.3 is 5.11 Å². The molecule has 1 saturated carbocycles. The molecule has 1 aliphatic rings. The zero-order valence-corrected chi connectivity index (χ0v) is 13.3. The Balaban J connectivity index is 2.12. The number of hydrogen-bond acceptors (Lipinski definition) is 1. The number of aliphatic hydroxyl groups is 1. The van der Waals surface area contributed by atoms with Crippen molar-refractivity contribution in [1.29, 1.82) is 0 Å². The van der Waals surface area contributed by atoms with Crippen LogP contribution in [0.4, 0.5) is 4.39 Å². The molecule has 0 heterocycles. The van der Waals surface area contributed by atoms with Gasteiger partial charge in [-0.3, -0.25) is 0 Å². The van der Waals surface area contributed by atoms with Crippen molar-refractivity contribution in [1.82, 2.24) is 0 Å². The molecule has 0 radical (unpaired) electrons. The van der Waals surface area contributed by atoms with E-state index in [1.807, 2.05) is 0 Å². The molecule has 1 N–H and O–H groups in total. The lowest BCUT2D eigenvalue weighted by Gasteiger charge is -2.40. The lowest BCUT2D eigenvalue weighted by atomic mass is 9.67. The fourth-order valence-electron chi connectivity index (χ4n) is 3.24. The second kappa shape index (κ2) is 6.03. The van der Waals surface area contributed by atoms with Gasteiger partial charge in [-0.2, -0.15) is 0 Å². The van der Waals surface area contributed by atoms with Crippen molar-refractivity contribution in [2.24, 2.45) is 17.3 Å². The number of hydrogen-bond donors (Lipinski definition) is 1. The predicted molar refractivity (Wildman–Crippen MR) is 81.4 cm³/mol. The van der Waals surface area contributed by atoms with Crippen LogP contribution in [0.25, 0.3) is 0 Å². The lowest BCUT2D eigenvalue weighted by molar-refractivity contribution is 0.0193. The van der Waals surface area contributed by atoms with Gasteiger partial charge in [0, 0.05) is 5.02 Å². The standard InChI is InChI=1S/C17H24ClFO/c1-17(2,3)13-4-7-16(20)12(9-13)8-11-10-14(18)5-6-15(11)19/h5-6,10,12-13,16,20H,4,7-9H2,1-3H3. The quantitative estimate of drug-likeness (QED) is 0.828. The van der Waals surface area contributed by atoms with Gasteiger partial charge in [0.15, 0.2) is 0 Å². The first-order chi connectivity index (χ1) is 9.27. The average molecular weight is 299 g/mol. The summed E-state index contributed by atoms with van der Waals surface area (Å²) in [6.07, 6.45) is 3.07. The Bertz CT molecular complexity index is 467. The van der Waals surface area contributed by atoms with Crippen molar-refractivity contribution in [2.45, 2.75) is 52.6 Å². The van der Waals surface area contributed by atoms with E-state index in [0.717, 1.165) is 19.3 Å². The van der Waals surface area contributed by atoms with Gasteiger partial charge in [-0.1, -0.05) is 32.4 Å². The summed E-state index contributed by atoms with van der Waals surface area (Å²) in [5.74, 6) is 0.485. The van der Waals surface area contributed by atoms with E-state index in [2.05, 4.69) is 20.8 Å². The molecule has 20 heavy (non-hydrogen) atoms. The van der Waals surface area contributed by atoms with Crippen molar-refractivity contribution >= 4 is 11.6 Å². The third kappa shape index (κ3) is 3.73. The first-order valence-corrected chi connectivity index (χ1v) is 7.77. The maximum Gasteiger partial charge on any atom is 0.126 e. The SMILES string of the molecule is CC(C)(C)C1CCC(O)C(Cc2cc(Cl)ccc2F)C1. The first-order valence-electron chi connectivity index (χ1n) is 7.39. The summed E-state index contributed by atoms with van der Waals surface area (Å²) in [5, 5.41) is 10.8. The number of aliphatic hydroxyl groups excluding tert-OH is 1. The maximum atomic E-state index is 13.8. The van der Waals surface area contributed by atoms with E-state index in [9.17, 15) is 9.50 Å². The third-order valence-electron chi connectivity index (χ3n) is 4.66. The van der Waals surface area contributed by atoms with Gasteiger partial charge in [-0.25, -0.2) is 4.39 Å². The Hall–Kier alpha value is -0.600. The van der Waals surface area contributed by atoms with Crippen molar-refractivity contribution in [3.05, 3.63) is 34.6 Å². The van der Waals surface area contributed by atoms with Crippen LogP contribution in [0.5, 0.6) is 0 Å². The van der Waals surface area contributed by atoms with Gasteiger partial charge in [0.05, 0.1) is 6.10 Å². The smallest absolute Gasteiger partial charge is 0.126 e. The topological polar surface area (TPSA) is 20.2 Å². The number of benzene rings is 1. The van der Waals surface area contributed by atoms with Crippen LogP contribution >= 0.6 is 11.6 Å². The summed E-state index contributed by atoms with van der Waals surface area (Å²) in [4.78, 5) is 0. The van der Waals surface area contributed by atoms with Gasteiger partial charge in [0.25, 0.3) is 0 Å². The van der Waals surface area contributed by atoms with E-state index in [0.29, 0.717) is 22.9 Å². The van der Waals surface area contributed by atoms with E-state index >= 15 is 0 Å². The molecule has 3 unspecified atom stereocenters.